The maximum absolute atomic E-state index is 11.8. The van der Waals surface area contributed by atoms with Crippen LogP contribution in [0.2, 0.25) is 0 Å². The van der Waals surface area contributed by atoms with E-state index in [-0.39, 0.29) is 10.7 Å². The number of anilines is 1. The number of thioether (sulfide) groups is 1. The lowest BCUT2D eigenvalue weighted by atomic mass is 10.2. The van der Waals surface area contributed by atoms with Crippen LogP contribution in [0.15, 0.2) is 23.1 Å². The Kier molecular flexibility index (Phi) is 7.22. The first kappa shape index (κ1) is 18.0. The molecule has 0 radical (unpaired) electrons. The Morgan fingerprint density at radius 1 is 1.33 bits per heavy atom. The highest BCUT2D eigenvalue weighted by Gasteiger charge is 2.13. The maximum atomic E-state index is 11.8. The predicted molar refractivity (Wildman–Crippen MR) is 90.2 cm³/mol. The Hall–Kier alpha value is -1.04. The molecule has 21 heavy (non-hydrogen) atoms. The van der Waals surface area contributed by atoms with Crippen molar-refractivity contribution < 1.29 is 9.53 Å². The van der Waals surface area contributed by atoms with Crippen molar-refractivity contribution >= 4 is 23.4 Å². The van der Waals surface area contributed by atoms with Gasteiger partial charge < -0.3 is 15.4 Å². The first-order chi connectivity index (χ1) is 9.81. The SMILES string of the molecule is COCCNCC(=O)Nc1ccc(SC(C)(C)C)cc1C. The molecule has 0 unspecified atom stereocenters. The number of hydrogen-bond donors (Lipinski definition) is 2. The van der Waals surface area contributed by atoms with E-state index in [2.05, 4.69) is 43.5 Å². The molecule has 1 aromatic carbocycles. The fourth-order valence-corrected chi connectivity index (χ4v) is 2.84. The highest BCUT2D eigenvalue weighted by atomic mass is 32.2. The number of methoxy groups -OCH3 is 1. The summed E-state index contributed by atoms with van der Waals surface area (Å²) >= 11 is 1.82. The minimum absolute atomic E-state index is 0.0366. The van der Waals surface area contributed by atoms with Crippen LogP contribution in [-0.2, 0) is 9.53 Å². The third-order valence-corrected chi connectivity index (χ3v) is 3.77. The normalized spacial score (nSPS) is 11.5. The lowest BCUT2D eigenvalue weighted by Crippen LogP contribution is -2.30. The summed E-state index contributed by atoms with van der Waals surface area (Å²) in [6.45, 7) is 10.1. The summed E-state index contributed by atoms with van der Waals surface area (Å²) in [6.07, 6.45) is 0. The molecule has 0 atom stereocenters. The fraction of sp³-hybridized carbons (Fsp3) is 0.562. The molecule has 0 saturated carbocycles. The van der Waals surface area contributed by atoms with Gasteiger partial charge in [0, 0.05) is 29.0 Å². The molecule has 4 nitrogen and oxygen atoms in total. The number of amides is 1. The zero-order valence-electron chi connectivity index (χ0n) is 13.6. The smallest absolute Gasteiger partial charge is 0.238 e. The van der Waals surface area contributed by atoms with Gasteiger partial charge in [-0.3, -0.25) is 4.79 Å². The van der Waals surface area contributed by atoms with E-state index in [4.69, 9.17) is 4.74 Å². The molecule has 0 bridgehead atoms. The standard InChI is InChI=1S/C16H26N2O2S/c1-12-10-13(21-16(2,3)4)6-7-14(12)18-15(19)11-17-8-9-20-5/h6-7,10,17H,8-9,11H2,1-5H3,(H,18,19). The number of carbonyl (C=O) groups excluding carboxylic acids is 1. The second kappa shape index (κ2) is 8.41. The quantitative estimate of drug-likeness (QED) is 0.600. The Bertz CT molecular complexity index is 470. The van der Waals surface area contributed by atoms with Crippen LogP contribution in [0.25, 0.3) is 0 Å². The van der Waals surface area contributed by atoms with E-state index in [1.807, 2.05) is 24.8 Å². The average molecular weight is 310 g/mol. The minimum atomic E-state index is -0.0366. The van der Waals surface area contributed by atoms with Crippen LogP contribution >= 0.6 is 11.8 Å². The highest BCUT2D eigenvalue weighted by molar-refractivity contribution is 8.00. The van der Waals surface area contributed by atoms with Crippen LogP contribution in [0.1, 0.15) is 26.3 Å². The molecule has 0 aliphatic heterocycles. The van der Waals surface area contributed by atoms with Crippen molar-refractivity contribution in [1.82, 2.24) is 5.32 Å². The molecule has 0 aliphatic rings. The molecule has 1 rings (SSSR count). The number of nitrogens with one attached hydrogen (secondary N) is 2. The van der Waals surface area contributed by atoms with Crippen molar-refractivity contribution in [3.63, 3.8) is 0 Å². The minimum Gasteiger partial charge on any atom is -0.383 e. The zero-order valence-corrected chi connectivity index (χ0v) is 14.4. The van der Waals surface area contributed by atoms with Crippen molar-refractivity contribution in [1.29, 1.82) is 0 Å². The van der Waals surface area contributed by atoms with E-state index in [1.54, 1.807) is 7.11 Å². The Balaban J connectivity index is 2.54. The summed E-state index contributed by atoms with van der Waals surface area (Å²) in [7, 11) is 1.64. The molecule has 1 amide bonds. The van der Waals surface area contributed by atoms with Gasteiger partial charge in [0.2, 0.25) is 5.91 Å². The number of aryl methyl sites for hydroxylation is 1. The van der Waals surface area contributed by atoms with Crippen molar-refractivity contribution in [3.05, 3.63) is 23.8 Å². The zero-order chi connectivity index (χ0) is 15.9. The molecule has 0 heterocycles. The van der Waals surface area contributed by atoms with Crippen LogP contribution in [0.4, 0.5) is 5.69 Å². The van der Waals surface area contributed by atoms with E-state index in [1.165, 1.54) is 4.90 Å². The van der Waals surface area contributed by atoms with Crippen molar-refractivity contribution in [3.8, 4) is 0 Å². The number of ether oxygens (including phenoxy) is 1. The van der Waals surface area contributed by atoms with E-state index >= 15 is 0 Å². The summed E-state index contributed by atoms with van der Waals surface area (Å²) < 4.78 is 5.10. The van der Waals surface area contributed by atoms with E-state index in [0.29, 0.717) is 19.7 Å². The first-order valence-electron chi connectivity index (χ1n) is 7.11. The molecule has 0 aromatic heterocycles. The molecular weight excluding hydrogens is 284 g/mol. The largest absolute Gasteiger partial charge is 0.383 e. The number of hydrogen-bond acceptors (Lipinski definition) is 4. The molecule has 2 N–H and O–H groups in total. The van der Waals surface area contributed by atoms with Gasteiger partial charge >= 0.3 is 0 Å². The fourth-order valence-electron chi connectivity index (χ4n) is 1.76. The van der Waals surface area contributed by atoms with Crippen molar-refractivity contribution in [2.75, 3.05) is 32.1 Å². The van der Waals surface area contributed by atoms with Gasteiger partial charge in [0.25, 0.3) is 0 Å². The topological polar surface area (TPSA) is 50.4 Å². The number of carbonyl (C=O) groups is 1. The van der Waals surface area contributed by atoms with Crippen molar-refractivity contribution in [2.24, 2.45) is 0 Å². The summed E-state index contributed by atoms with van der Waals surface area (Å²) in [5.74, 6) is -0.0366. The van der Waals surface area contributed by atoms with Crippen molar-refractivity contribution in [2.45, 2.75) is 37.3 Å². The Morgan fingerprint density at radius 3 is 2.62 bits per heavy atom. The predicted octanol–water partition coefficient (Wildman–Crippen LogP) is 3.06. The molecule has 1 aromatic rings. The van der Waals surface area contributed by atoms with Gasteiger partial charge in [0.15, 0.2) is 0 Å². The lowest BCUT2D eigenvalue weighted by molar-refractivity contribution is -0.115. The van der Waals surface area contributed by atoms with Crippen LogP contribution in [0, 0.1) is 6.92 Å². The second-order valence-electron chi connectivity index (χ2n) is 5.91. The van der Waals surface area contributed by atoms with Gasteiger partial charge in [-0.2, -0.15) is 0 Å². The molecule has 0 saturated heterocycles. The second-order valence-corrected chi connectivity index (χ2v) is 7.81. The van der Waals surface area contributed by atoms with E-state index in [0.717, 1.165) is 11.3 Å². The molecular formula is C16H26N2O2S. The van der Waals surface area contributed by atoms with Crippen LogP contribution in [-0.4, -0.2) is 37.5 Å². The average Bonchev–Trinajstić information content (AvgIpc) is 2.36. The summed E-state index contributed by atoms with van der Waals surface area (Å²) in [5, 5.41) is 5.95. The number of benzene rings is 1. The Morgan fingerprint density at radius 2 is 2.05 bits per heavy atom. The third kappa shape index (κ3) is 7.50. The van der Waals surface area contributed by atoms with E-state index in [9.17, 15) is 4.79 Å². The van der Waals surface area contributed by atoms with Gasteiger partial charge in [0.05, 0.1) is 13.2 Å². The van der Waals surface area contributed by atoms with E-state index < -0.39 is 0 Å². The van der Waals surface area contributed by atoms with Gasteiger partial charge in [-0.25, -0.2) is 0 Å². The van der Waals surface area contributed by atoms with Crippen LogP contribution < -0.4 is 10.6 Å². The monoisotopic (exact) mass is 310 g/mol. The Labute approximate surface area is 132 Å². The van der Waals surface area contributed by atoms with Crippen LogP contribution in [0.5, 0.6) is 0 Å². The molecule has 118 valence electrons. The summed E-state index contributed by atoms with van der Waals surface area (Å²) in [6, 6.07) is 6.14. The van der Waals surface area contributed by atoms with Gasteiger partial charge in [-0.1, -0.05) is 20.8 Å². The summed E-state index contributed by atoms with van der Waals surface area (Å²) in [5.41, 5.74) is 1.95. The summed E-state index contributed by atoms with van der Waals surface area (Å²) in [4.78, 5) is 13.0. The van der Waals surface area contributed by atoms with Gasteiger partial charge in [0.1, 0.15) is 0 Å². The first-order valence-corrected chi connectivity index (χ1v) is 7.92. The molecule has 0 aliphatic carbocycles. The van der Waals surface area contributed by atoms with Gasteiger partial charge in [-0.05, 0) is 30.7 Å². The lowest BCUT2D eigenvalue weighted by Gasteiger charge is -2.18. The van der Waals surface area contributed by atoms with Crippen LogP contribution in [0.3, 0.4) is 0 Å². The molecule has 5 heteroatoms. The third-order valence-electron chi connectivity index (χ3n) is 2.66. The highest BCUT2D eigenvalue weighted by Crippen LogP contribution is 2.33. The maximum Gasteiger partial charge on any atom is 0.238 e. The number of rotatable bonds is 7. The van der Waals surface area contributed by atoms with Gasteiger partial charge in [-0.15, -0.1) is 11.8 Å². The molecule has 0 fully saturated rings. The molecule has 0 spiro atoms.